The molecule has 2 aromatic carbocycles. The Bertz CT molecular complexity index is 1010. The van der Waals surface area contributed by atoms with Crippen LogP contribution >= 0.6 is 0 Å². The van der Waals surface area contributed by atoms with E-state index in [0.717, 1.165) is 16.9 Å². The van der Waals surface area contributed by atoms with E-state index in [1.54, 1.807) is 16.8 Å². The van der Waals surface area contributed by atoms with Crippen LogP contribution in [0.5, 0.6) is 0 Å². The largest absolute Gasteiger partial charge is 0.360 e. The Balaban J connectivity index is 1.46. The van der Waals surface area contributed by atoms with Crippen LogP contribution in [0.2, 0.25) is 0 Å². The molecule has 2 aromatic heterocycles. The zero-order valence-corrected chi connectivity index (χ0v) is 14.6. The van der Waals surface area contributed by atoms with Crippen molar-refractivity contribution >= 4 is 5.82 Å². The molecule has 0 fully saturated rings. The Labute approximate surface area is 155 Å². The molecule has 0 bridgehead atoms. The highest BCUT2D eigenvalue weighted by Crippen LogP contribution is 2.20. The van der Waals surface area contributed by atoms with Gasteiger partial charge in [0.25, 0.3) is 0 Å². The van der Waals surface area contributed by atoms with Gasteiger partial charge in [0.15, 0.2) is 0 Å². The maximum Gasteiger partial charge on any atom is 0.149 e. The molecule has 1 atom stereocenters. The monoisotopic (exact) mass is 360 g/mol. The topological polar surface area (TPSA) is 68.5 Å². The quantitative estimate of drug-likeness (QED) is 0.582. The lowest BCUT2D eigenvalue weighted by molar-refractivity contribution is 0.628. The summed E-state index contributed by atoms with van der Waals surface area (Å²) >= 11 is 0. The predicted octanol–water partition coefficient (Wildman–Crippen LogP) is 4.04. The number of aromatic nitrogens is 5. The van der Waals surface area contributed by atoms with Gasteiger partial charge in [0.2, 0.25) is 0 Å². The van der Waals surface area contributed by atoms with Gasteiger partial charge in [-0.3, -0.25) is 0 Å². The van der Waals surface area contributed by atoms with Crippen LogP contribution in [0.15, 0.2) is 72.9 Å². The van der Waals surface area contributed by atoms with Gasteiger partial charge in [-0.15, -0.1) is 15.3 Å². The zero-order valence-electron chi connectivity index (χ0n) is 14.6. The summed E-state index contributed by atoms with van der Waals surface area (Å²) in [6.07, 6.45) is 1.88. The SMILES string of the molecule is CC(Nc1ccc(-c2ccc(F)cc2)nn1)c1cn(-c2ccccc2)nn1. The summed E-state index contributed by atoms with van der Waals surface area (Å²) in [4.78, 5) is 0. The van der Waals surface area contributed by atoms with Gasteiger partial charge in [0, 0.05) is 5.56 Å². The van der Waals surface area contributed by atoms with Crippen molar-refractivity contribution in [2.45, 2.75) is 13.0 Å². The average Bonchev–Trinajstić information content (AvgIpc) is 3.20. The first-order valence-electron chi connectivity index (χ1n) is 8.53. The summed E-state index contributed by atoms with van der Waals surface area (Å²) in [7, 11) is 0. The van der Waals surface area contributed by atoms with Gasteiger partial charge in [-0.1, -0.05) is 23.4 Å². The molecule has 0 spiro atoms. The molecule has 0 aliphatic carbocycles. The van der Waals surface area contributed by atoms with Crippen molar-refractivity contribution in [3.05, 3.63) is 84.4 Å². The van der Waals surface area contributed by atoms with Crippen LogP contribution in [0.1, 0.15) is 18.7 Å². The van der Waals surface area contributed by atoms with E-state index in [9.17, 15) is 4.39 Å². The van der Waals surface area contributed by atoms with E-state index in [-0.39, 0.29) is 11.9 Å². The maximum absolute atomic E-state index is 13.0. The number of hydrogen-bond donors (Lipinski definition) is 1. The minimum absolute atomic E-state index is 0.0894. The number of hydrogen-bond acceptors (Lipinski definition) is 5. The van der Waals surface area contributed by atoms with E-state index >= 15 is 0 Å². The fourth-order valence-electron chi connectivity index (χ4n) is 2.66. The molecule has 1 N–H and O–H groups in total. The summed E-state index contributed by atoms with van der Waals surface area (Å²) < 4.78 is 14.8. The Kier molecular flexibility index (Phi) is 4.57. The molecule has 6 nitrogen and oxygen atoms in total. The Hall–Kier alpha value is -3.61. The lowest BCUT2D eigenvalue weighted by Gasteiger charge is -2.11. The number of halogens is 1. The van der Waals surface area contributed by atoms with Crippen LogP contribution < -0.4 is 5.32 Å². The van der Waals surface area contributed by atoms with Gasteiger partial charge in [-0.05, 0) is 55.5 Å². The van der Waals surface area contributed by atoms with Crippen LogP contribution in [-0.2, 0) is 0 Å². The van der Waals surface area contributed by atoms with Gasteiger partial charge in [0.1, 0.15) is 17.3 Å². The van der Waals surface area contributed by atoms with Gasteiger partial charge in [-0.25, -0.2) is 9.07 Å². The van der Waals surface area contributed by atoms with Gasteiger partial charge < -0.3 is 5.32 Å². The summed E-state index contributed by atoms with van der Waals surface area (Å²) in [6, 6.07) is 19.6. The molecular formula is C20H17FN6. The minimum Gasteiger partial charge on any atom is -0.360 e. The molecule has 1 unspecified atom stereocenters. The number of benzene rings is 2. The van der Waals surface area contributed by atoms with Crippen molar-refractivity contribution < 1.29 is 4.39 Å². The summed E-state index contributed by atoms with van der Waals surface area (Å²) in [5, 5.41) is 20.1. The normalized spacial score (nSPS) is 11.9. The van der Waals surface area contributed by atoms with Crippen molar-refractivity contribution in [2.75, 3.05) is 5.32 Å². The van der Waals surface area contributed by atoms with E-state index < -0.39 is 0 Å². The van der Waals surface area contributed by atoms with Crippen molar-refractivity contribution in [3.63, 3.8) is 0 Å². The third kappa shape index (κ3) is 3.82. The van der Waals surface area contributed by atoms with Crippen LogP contribution in [0.4, 0.5) is 10.2 Å². The number of nitrogens with one attached hydrogen (secondary N) is 1. The van der Waals surface area contributed by atoms with Gasteiger partial charge in [0.05, 0.1) is 23.6 Å². The van der Waals surface area contributed by atoms with E-state index in [1.807, 2.05) is 55.6 Å². The molecule has 0 saturated carbocycles. The number of para-hydroxylation sites is 1. The first kappa shape index (κ1) is 16.8. The summed E-state index contributed by atoms with van der Waals surface area (Å²) in [5.41, 5.74) is 3.24. The third-order valence-electron chi connectivity index (χ3n) is 4.14. The Morgan fingerprint density at radius 2 is 1.67 bits per heavy atom. The second kappa shape index (κ2) is 7.33. The van der Waals surface area contributed by atoms with E-state index in [4.69, 9.17) is 0 Å². The summed E-state index contributed by atoms with van der Waals surface area (Å²) in [6.45, 7) is 1.98. The lowest BCUT2D eigenvalue weighted by atomic mass is 10.1. The van der Waals surface area contributed by atoms with Crippen molar-refractivity contribution in [1.29, 1.82) is 0 Å². The molecule has 0 saturated heterocycles. The first-order chi connectivity index (χ1) is 13.2. The third-order valence-corrected chi connectivity index (χ3v) is 4.14. The molecular weight excluding hydrogens is 343 g/mol. The van der Waals surface area contributed by atoms with Crippen LogP contribution in [0, 0.1) is 5.82 Å². The van der Waals surface area contributed by atoms with Crippen molar-refractivity contribution in [2.24, 2.45) is 0 Å². The molecule has 4 rings (SSSR count). The molecule has 134 valence electrons. The van der Waals surface area contributed by atoms with E-state index in [0.29, 0.717) is 11.5 Å². The molecule has 4 aromatic rings. The van der Waals surface area contributed by atoms with Crippen molar-refractivity contribution in [1.82, 2.24) is 25.2 Å². The Morgan fingerprint density at radius 1 is 0.889 bits per heavy atom. The lowest BCUT2D eigenvalue weighted by Crippen LogP contribution is -2.09. The fourth-order valence-corrected chi connectivity index (χ4v) is 2.66. The van der Waals surface area contributed by atoms with E-state index in [1.165, 1.54) is 12.1 Å². The second-order valence-corrected chi connectivity index (χ2v) is 6.10. The molecule has 0 radical (unpaired) electrons. The average molecular weight is 360 g/mol. The van der Waals surface area contributed by atoms with Crippen LogP contribution in [0.3, 0.4) is 0 Å². The first-order valence-corrected chi connectivity index (χ1v) is 8.53. The predicted molar refractivity (Wildman–Crippen MR) is 101 cm³/mol. The smallest absolute Gasteiger partial charge is 0.149 e. The van der Waals surface area contributed by atoms with E-state index in [2.05, 4.69) is 25.8 Å². The maximum atomic E-state index is 13.0. The summed E-state index contributed by atoms with van der Waals surface area (Å²) in [5.74, 6) is 0.352. The number of rotatable bonds is 5. The molecule has 0 aliphatic heterocycles. The van der Waals surface area contributed by atoms with Crippen LogP contribution in [0.25, 0.3) is 16.9 Å². The highest BCUT2D eigenvalue weighted by Gasteiger charge is 2.12. The fraction of sp³-hybridized carbons (Fsp3) is 0.100. The molecule has 2 heterocycles. The second-order valence-electron chi connectivity index (χ2n) is 6.10. The Morgan fingerprint density at radius 3 is 2.37 bits per heavy atom. The van der Waals surface area contributed by atoms with Crippen molar-refractivity contribution in [3.8, 4) is 16.9 Å². The number of anilines is 1. The molecule has 0 amide bonds. The van der Waals surface area contributed by atoms with Crippen LogP contribution in [-0.4, -0.2) is 25.2 Å². The van der Waals surface area contributed by atoms with Gasteiger partial charge in [-0.2, -0.15) is 0 Å². The molecule has 27 heavy (non-hydrogen) atoms. The zero-order chi connectivity index (χ0) is 18.6. The standard InChI is InChI=1S/C20H17FN6/c1-14(19-13-27(26-24-19)17-5-3-2-4-6-17)22-20-12-11-18(23-25-20)15-7-9-16(21)10-8-15/h2-14H,1H3,(H,22,25). The minimum atomic E-state index is -0.276. The molecule has 0 aliphatic rings. The highest BCUT2D eigenvalue weighted by atomic mass is 19.1. The van der Waals surface area contributed by atoms with Gasteiger partial charge >= 0.3 is 0 Å². The number of nitrogens with zero attached hydrogens (tertiary/aromatic N) is 5. The highest BCUT2D eigenvalue weighted by molar-refractivity contribution is 5.59. The molecule has 7 heteroatoms.